The third-order valence-electron chi connectivity index (χ3n) is 5.81. The van der Waals surface area contributed by atoms with Gasteiger partial charge in [0.2, 0.25) is 0 Å². The van der Waals surface area contributed by atoms with Crippen LogP contribution in [0.2, 0.25) is 0 Å². The van der Waals surface area contributed by atoms with Crippen LogP contribution < -0.4 is 9.26 Å². The first-order valence-corrected chi connectivity index (χ1v) is 14.4. The molecule has 198 valence electrons. The van der Waals surface area contributed by atoms with Gasteiger partial charge in [-0.2, -0.15) is 0 Å². The molecule has 0 heterocycles. The van der Waals surface area contributed by atoms with Crippen LogP contribution in [0.25, 0.3) is 0 Å². The van der Waals surface area contributed by atoms with Gasteiger partial charge in [-0.05, 0) is 29.2 Å². The van der Waals surface area contributed by atoms with E-state index in [1.165, 1.54) is 19.3 Å². The van der Waals surface area contributed by atoms with E-state index >= 15 is 0 Å². The first-order valence-electron chi connectivity index (χ1n) is 12.9. The third kappa shape index (κ3) is 10.5. The monoisotopic (exact) mass is 524 g/mol. The lowest BCUT2D eigenvalue weighted by molar-refractivity contribution is -0.135. The van der Waals surface area contributed by atoms with Crippen LogP contribution in [0.5, 0.6) is 11.5 Å². The number of benzene rings is 3. The molecule has 0 saturated carbocycles. The summed E-state index contributed by atoms with van der Waals surface area (Å²) in [6.07, 6.45) is 5.94. The van der Waals surface area contributed by atoms with Crippen molar-refractivity contribution in [3.8, 4) is 11.5 Å². The van der Waals surface area contributed by atoms with Crippen LogP contribution in [0.4, 0.5) is 0 Å². The van der Waals surface area contributed by atoms with Crippen molar-refractivity contribution >= 4 is 13.8 Å². The van der Waals surface area contributed by atoms with E-state index in [0.717, 1.165) is 24.0 Å². The van der Waals surface area contributed by atoms with Crippen molar-refractivity contribution in [2.45, 2.75) is 65.6 Å². The van der Waals surface area contributed by atoms with Crippen LogP contribution in [0.1, 0.15) is 63.5 Å². The number of carbonyl (C=O) groups is 1. The topological polar surface area (TPSA) is 71.1 Å². The maximum atomic E-state index is 13.7. The molecule has 0 spiro atoms. The highest BCUT2D eigenvalue weighted by atomic mass is 31.2. The van der Waals surface area contributed by atoms with Gasteiger partial charge in [-0.15, -0.1) is 0 Å². The summed E-state index contributed by atoms with van der Waals surface area (Å²) in [5.74, 6) is 0.157. The molecule has 0 aliphatic rings. The summed E-state index contributed by atoms with van der Waals surface area (Å²) < 4.78 is 36.5. The quantitative estimate of drug-likeness (QED) is 0.0809. The van der Waals surface area contributed by atoms with Crippen LogP contribution in [0.3, 0.4) is 0 Å². The van der Waals surface area contributed by atoms with Gasteiger partial charge in [-0.25, -0.2) is 4.57 Å². The van der Waals surface area contributed by atoms with E-state index in [1.54, 1.807) is 24.3 Å². The third-order valence-corrected chi connectivity index (χ3v) is 7.12. The molecule has 0 aliphatic carbocycles. The number of carbonyl (C=O) groups excluding carboxylic acids is 1. The normalized spacial score (nSPS) is 12.2. The average molecular weight is 525 g/mol. The lowest BCUT2D eigenvalue weighted by Gasteiger charge is -2.20. The summed E-state index contributed by atoms with van der Waals surface area (Å²) in [4.78, 5) is 12.6. The molecular formula is C30H37O6P. The highest BCUT2D eigenvalue weighted by molar-refractivity contribution is 7.48. The SMILES string of the molecule is CCCCCCC(C)CC(=O)Oc1ccccc1OP(=O)(OCc1ccccc1)OCc1ccccc1. The molecule has 0 radical (unpaired) electrons. The predicted molar refractivity (Wildman–Crippen MR) is 145 cm³/mol. The Kier molecular flexibility index (Phi) is 11.9. The van der Waals surface area contributed by atoms with Crippen LogP contribution >= 0.6 is 7.82 Å². The van der Waals surface area contributed by atoms with E-state index in [-0.39, 0.29) is 36.6 Å². The van der Waals surface area contributed by atoms with E-state index in [9.17, 15) is 9.36 Å². The van der Waals surface area contributed by atoms with Gasteiger partial charge in [0.25, 0.3) is 0 Å². The number of rotatable bonds is 16. The molecular weight excluding hydrogens is 487 g/mol. The largest absolute Gasteiger partial charge is 0.530 e. The lowest BCUT2D eigenvalue weighted by atomic mass is 10.00. The molecule has 0 fully saturated rings. The van der Waals surface area contributed by atoms with Gasteiger partial charge >= 0.3 is 13.8 Å². The number of hydrogen-bond acceptors (Lipinski definition) is 6. The van der Waals surface area contributed by atoms with Crippen molar-refractivity contribution < 1.29 is 27.7 Å². The maximum Gasteiger partial charge on any atom is 0.530 e. The number of esters is 1. The zero-order valence-corrected chi connectivity index (χ0v) is 22.6. The number of phosphoric ester groups is 1. The summed E-state index contributed by atoms with van der Waals surface area (Å²) in [5, 5.41) is 0. The molecule has 0 amide bonds. The zero-order chi connectivity index (χ0) is 26.3. The number of phosphoric acid groups is 1. The van der Waals surface area contributed by atoms with E-state index < -0.39 is 7.82 Å². The smallest absolute Gasteiger partial charge is 0.423 e. The molecule has 0 bridgehead atoms. The first kappa shape index (κ1) is 28.6. The van der Waals surface area contributed by atoms with Gasteiger partial charge in [0, 0.05) is 6.42 Å². The summed E-state index contributed by atoms with van der Waals surface area (Å²) in [7, 11) is -4.08. The predicted octanol–water partition coefficient (Wildman–Crippen LogP) is 8.51. The number of hydrogen-bond donors (Lipinski definition) is 0. The molecule has 0 aromatic heterocycles. The molecule has 6 nitrogen and oxygen atoms in total. The van der Waals surface area contributed by atoms with Gasteiger partial charge in [0.05, 0.1) is 13.2 Å². The Bertz CT molecular complexity index is 1070. The molecule has 1 atom stereocenters. The Labute approximate surface area is 220 Å². The second-order valence-electron chi connectivity index (χ2n) is 9.14. The van der Waals surface area contributed by atoms with E-state index in [0.29, 0.717) is 6.42 Å². The number of para-hydroxylation sites is 2. The van der Waals surface area contributed by atoms with E-state index in [1.807, 2.05) is 60.7 Å². The van der Waals surface area contributed by atoms with Crippen molar-refractivity contribution in [2.75, 3.05) is 0 Å². The summed E-state index contributed by atoms with van der Waals surface area (Å²) in [5.41, 5.74) is 1.64. The minimum absolute atomic E-state index is 0.0322. The molecule has 3 rings (SSSR count). The molecule has 0 N–H and O–H groups in total. The molecule has 1 unspecified atom stereocenters. The minimum Gasteiger partial charge on any atom is -0.423 e. The fourth-order valence-electron chi connectivity index (χ4n) is 3.75. The van der Waals surface area contributed by atoms with Crippen LogP contribution in [0.15, 0.2) is 84.9 Å². The zero-order valence-electron chi connectivity index (χ0n) is 21.7. The summed E-state index contributed by atoms with van der Waals surface area (Å²) >= 11 is 0. The average Bonchev–Trinajstić information content (AvgIpc) is 2.91. The van der Waals surface area contributed by atoms with Crippen molar-refractivity contribution in [3.63, 3.8) is 0 Å². The van der Waals surface area contributed by atoms with Gasteiger partial charge in [0.1, 0.15) is 0 Å². The first-order chi connectivity index (χ1) is 18.0. The Morgan fingerprint density at radius 1 is 0.757 bits per heavy atom. The maximum absolute atomic E-state index is 13.7. The van der Waals surface area contributed by atoms with Crippen molar-refractivity contribution in [2.24, 2.45) is 5.92 Å². The Hall–Kier alpha value is -2.92. The van der Waals surface area contributed by atoms with Crippen LogP contribution in [0, 0.1) is 5.92 Å². The molecule has 3 aromatic rings. The van der Waals surface area contributed by atoms with Crippen molar-refractivity contribution in [1.82, 2.24) is 0 Å². The van der Waals surface area contributed by atoms with Gasteiger partial charge in [-0.1, -0.05) is 119 Å². The second kappa shape index (κ2) is 15.4. The minimum atomic E-state index is -4.08. The standard InChI is InChI=1S/C30H37O6P/c1-3-4-5-8-15-25(2)22-30(31)35-28-20-13-14-21-29(28)36-37(32,33-23-26-16-9-6-10-17-26)34-24-27-18-11-7-12-19-27/h6-7,9-14,16-21,25H,3-5,8,15,22-24H2,1-2H3. The molecule has 3 aromatic carbocycles. The van der Waals surface area contributed by atoms with Crippen molar-refractivity contribution in [3.05, 3.63) is 96.1 Å². The highest BCUT2D eigenvalue weighted by Crippen LogP contribution is 2.52. The number of unbranched alkanes of at least 4 members (excludes halogenated alkanes) is 3. The Morgan fingerprint density at radius 2 is 1.30 bits per heavy atom. The fraction of sp³-hybridized carbons (Fsp3) is 0.367. The Balaban J connectivity index is 1.68. The highest BCUT2D eigenvalue weighted by Gasteiger charge is 2.31. The number of ether oxygens (including phenoxy) is 1. The summed E-state index contributed by atoms with van der Waals surface area (Å²) in [6.45, 7) is 4.30. The molecule has 0 aliphatic heterocycles. The van der Waals surface area contributed by atoms with Crippen LogP contribution in [-0.4, -0.2) is 5.97 Å². The van der Waals surface area contributed by atoms with E-state index in [4.69, 9.17) is 18.3 Å². The molecule has 0 saturated heterocycles. The van der Waals surface area contributed by atoms with Crippen LogP contribution in [-0.2, 0) is 31.6 Å². The lowest BCUT2D eigenvalue weighted by Crippen LogP contribution is -2.13. The molecule has 7 heteroatoms. The van der Waals surface area contributed by atoms with Gasteiger partial charge in [0.15, 0.2) is 11.5 Å². The van der Waals surface area contributed by atoms with Gasteiger partial charge in [-0.3, -0.25) is 13.8 Å². The Morgan fingerprint density at radius 3 is 1.86 bits per heavy atom. The van der Waals surface area contributed by atoms with Crippen molar-refractivity contribution in [1.29, 1.82) is 0 Å². The fourth-order valence-corrected chi connectivity index (χ4v) is 4.93. The summed E-state index contributed by atoms with van der Waals surface area (Å²) in [6, 6.07) is 25.3. The van der Waals surface area contributed by atoms with Gasteiger partial charge < -0.3 is 9.26 Å². The van der Waals surface area contributed by atoms with E-state index in [2.05, 4.69) is 13.8 Å². The second-order valence-corrected chi connectivity index (χ2v) is 10.7. The molecule has 37 heavy (non-hydrogen) atoms.